The molecule has 4 aliphatic rings. The number of benzene rings is 1. The highest BCUT2D eigenvalue weighted by molar-refractivity contribution is 5.74. The number of nitrogens with zero attached hydrogens (tertiary/aromatic N) is 2. The molecule has 0 spiro atoms. The van der Waals surface area contributed by atoms with E-state index < -0.39 is 16.9 Å². The average molecular weight is 491 g/mol. The third kappa shape index (κ3) is 3.29. The number of fused-ring (bicyclic) bond motifs is 6. The van der Waals surface area contributed by atoms with E-state index in [1.54, 1.807) is 6.08 Å². The van der Waals surface area contributed by atoms with E-state index in [0.29, 0.717) is 18.4 Å². The third-order valence-corrected chi connectivity index (χ3v) is 9.66. The van der Waals surface area contributed by atoms with Crippen LogP contribution in [0.1, 0.15) is 58.2 Å². The molecule has 0 bridgehead atoms. The summed E-state index contributed by atoms with van der Waals surface area (Å²) in [6.07, 6.45) is 7.52. The summed E-state index contributed by atoms with van der Waals surface area (Å²) in [5.41, 5.74) is 2.63. The Kier molecular flexibility index (Phi) is 5.35. The largest absolute Gasteiger partial charge is 0.463 e. The number of carbonyl (C=O) groups is 1. The fourth-order valence-corrected chi connectivity index (χ4v) is 8.19. The van der Waals surface area contributed by atoms with E-state index in [1.807, 2.05) is 61.1 Å². The molecule has 0 amide bonds. The Hall–Kier alpha value is -2.73. The molecule has 1 heterocycles. The zero-order chi connectivity index (χ0) is 25.4. The Balaban J connectivity index is 1.40. The van der Waals surface area contributed by atoms with Crippen LogP contribution in [0.15, 0.2) is 54.0 Å². The van der Waals surface area contributed by atoms with E-state index in [2.05, 4.69) is 18.9 Å². The first kappa shape index (κ1) is 23.7. The van der Waals surface area contributed by atoms with Crippen LogP contribution in [-0.4, -0.2) is 33.1 Å². The van der Waals surface area contributed by atoms with E-state index >= 15 is 4.39 Å². The molecule has 6 heteroatoms. The summed E-state index contributed by atoms with van der Waals surface area (Å²) < 4.78 is 23.5. The predicted molar refractivity (Wildman–Crippen MR) is 136 cm³/mol. The second-order valence-corrected chi connectivity index (χ2v) is 12.1. The first-order valence-corrected chi connectivity index (χ1v) is 13.2. The average Bonchev–Trinajstić information content (AvgIpc) is 3.37. The van der Waals surface area contributed by atoms with Gasteiger partial charge in [0.05, 0.1) is 35.7 Å². The van der Waals surface area contributed by atoms with E-state index in [4.69, 9.17) is 4.74 Å². The van der Waals surface area contributed by atoms with Gasteiger partial charge in [-0.3, -0.25) is 4.79 Å². The Morgan fingerprint density at radius 2 is 1.97 bits per heavy atom. The molecule has 1 N–H and O–H groups in total. The van der Waals surface area contributed by atoms with Crippen LogP contribution < -0.4 is 0 Å². The molecule has 1 aromatic heterocycles. The van der Waals surface area contributed by atoms with E-state index in [1.165, 1.54) is 0 Å². The van der Waals surface area contributed by atoms with E-state index in [9.17, 15) is 9.90 Å². The third-order valence-electron chi connectivity index (χ3n) is 9.66. The van der Waals surface area contributed by atoms with Gasteiger partial charge >= 0.3 is 5.97 Å². The highest BCUT2D eigenvalue weighted by atomic mass is 19.1. The Bertz CT molecular complexity index is 1260. The molecule has 5 nitrogen and oxygen atoms in total. The number of hydrogen-bond donors (Lipinski definition) is 1. The fourth-order valence-electron chi connectivity index (χ4n) is 8.19. The molecule has 0 radical (unpaired) electrons. The number of para-hydroxylation sites is 1. The molecule has 1 aromatic carbocycles. The zero-order valence-electron chi connectivity index (χ0n) is 21.4. The number of hydrogen-bond acceptors (Lipinski definition) is 4. The molecular weight excluding hydrogens is 455 g/mol. The second kappa shape index (κ2) is 8.14. The van der Waals surface area contributed by atoms with Gasteiger partial charge in [-0.1, -0.05) is 32.0 Å². The van der Waals surface area contributed by atoms with E-state index in [0.717, 1.165) is 29.8 Å². The minimum atomic E-state index is -0.632. The van der Waals surface area contributed by atoms with Crippen molar-refractivity contribution in [2.24, 2.45) is 34.5 Å². The van der Waals surface area contributed by atoms with Gasteiger partial charge in [0.15, 0.2) is 0 Å². The molecular formula is C30H35FN2O3. The number of halogens is 1. The molecule has 4 aliphatic carbocycles. The number of aliphatic hydroxyl groups is 1. The van der Waals surface area contributed by atoms with Crippen molar-refractivity contribution in [2.45, 2.75) is 65.6 Å². The van der Waals surface area contributed by atoms with Crippen molar-refractivity contribution in [3.8, 4) is 5.69 Å². The van der Waals surface area contributed by atoms with Gasteiger partial charge < -0.3 is 9.84 Å². The van der Waals surface area contributed by atoms with Crippen molar-refractivity contribution in [1.82, 2.24) is 9.78 Å². The van der Waals surface area contributed by atoms with Crippen LogP contribution in [0.4, 0.5) is 4.39 Å². The quantitative estimate of drug-likeness (QED) is 0.564. The smallest absolute Gasteiger partial charge is 0.309 e. The number of ether oxygens (including phenoxy) is 1. The molecule has 2 fully saturated rings. The summed E-state index contributed by atoms with van der Waals surface area (Å²) in [6, 6.07) is 9.89. The van der Waals surface area contributed by atoms with Gasteiger partial charge in [-0.25, -0.2) is 9.07 Å². The normalized spacial score (nSPS) is 36.8. The van der Waals surface area contributed by atoms with Crippen LogP contribution in [0, 0.1) is 34.5 Å². The van der Waals surface area contributed by atoms with Crippen molar-refractivity contribution in [1.29, 1.82) is 0 Å². The Morgan fingerprint density at radius 3 is 2.69 bits per heavy atom. The number of carbonyl (C=O) groups excluding carboxylic acids is 1. The molecule has 0 saturated heterocycles. The minimum Gasteiger partial charge on any atom is -0.463 e. The number of aromatic nitrogens is 2. The highest BCUT2D eigenvalue weighted by Gasteiger charge is 2.63. The standard InChI is InChI=1S/C30H35FN2O3/c1-17(2)36-28(35)22-11-10-21-20-12-24(31)23-13-25-18(16-32-33(25)19-8-6-5-7-9-19)14-30(23,4)27(20)26(34)15-29(21,22)3/h5-9,12-13,16-17,20-22,26-27,34H,10-11,14-15H2,1-4H3. The van der Waals surface area contributed by atoms with Gasteiger partial charge in [0.25, 0.3) is 0 Å². The maximum Gasteiger partial charge on any atom is 0.309 e. The molecule has 7 unspecified atom stereocenters. The predicted octanol–water partition coefficient (Wildman–Crippen LogP) is 5.67. The van der Waals surface area contributed by atoms with Crippen LogP contribution in [0.3, 0.4) is 0 Å². The summed E-state index contributed by atoms with van der Waals surface area (Å²) in [5, 5.41) is 16.3. The van der Waals surface area contributed by atoms with Gasteiger partial charge in [0.2, 0.25) is 0 Å². The first-order chi connectivity index (χ1) is 17.1. The lowest BCUT2D eigenvalue weighted by atomic mass is 9.47. The van der Waals surface area contributed by atoms with Crippen LogP contribution >= 0.6 is 0 Å². The zero-order valence-corrected chi connectivity index (χ0v) is 21.4. The van der Waals surface area contributed by atoms with E-state index in [-0.39, 0.29) is 41.6 Å². The Labute approximate surface area is 212 Å². The van der Waals surface area contributed by atoms with Crippen molar-refractivity contribution in [3.05, 3.63) is 65.3 Å². The summed E-state index contributed by atoms with van der Waals surface area (Å²) >= 11 is 0. The lowest BCUT2D eigenvalue weighted by Crippen LogP contribution is -2.56. The van der Waals surface area contributed by atoms with Gasteiger partial charge in [-0.2, -0.15) is 5.10 Å². The molecule has 7 atom stereocenters. The maximum absolute atomic E-state index is 16.0. The molecule has 36 heavy (non-hydrogen) atoms. The van der Waals surface area contributed by atoms with Gasteiger partial charge in [0, 0.05) is 11.3 Å². The van der Waals surface area contributed by atoms with Crippen LogP contribution in [0.5, 0.6) is 0 Å². The molecule has 2 aromatic rings. The summed E-state index contributed by atoms with van der Waals surface area (Å²) in [7, 11) is 0. The SMILES string of the molecule is CC(C)OC(=O)C1CCC2C3C=C(F)C4=Cc5c(cnn5-c5ccccc5)CC4(C)C3C(O)CC12C. The van der Waals surface area contributed by atoms with Crippen molar-refractivity contribution < 1.29 is 19.0 Å². The van der Waals surface area contributed by atoms with Crippen LogP contribution in [0.2, 0.25) is 0 Å². The highest BCUT2D eigenvalue weighted by Crippen LogP contribution is 2.66. The van der Waals surface area contributed by atoms with Crippen molar-refractivity contribution >= 4 is 12.0 Å². The lowest BCUT2D eigenvalue weighted by molar-refractivity contribution is -0.162. The lowest BCUT2D eigenvalue weighted by Gasteiger charge is -2.57. The minimum absolute atomic E-state index is 0.116. The summed E-state index contributed by atoms with van der Waals surface area (Å²) in [6.45, 7) is 7.95. The molecule has 6 rings (SSSR count). The number of allylic oxidation sites excluding steroid dienone is 3. The number of rotatable bonds is 3. The molecule has 2 saturated carbocycles. The summed E-state index contributed by atoms with van der Waals surface area (Å²) in [5.74, 6) is -0.743. The van der Waals surface area contributed by atoms with Crippen molar-refractivity contribution in [3.63, 3.8) is 0 Å². The van der Waals surface area contributed by atoms with Crippen LogP contribution in [-0.2, 0) is 16.0 Å². The monoisotopic (exact) mass is 490 g/mol. The molecule has 0 aliphatic heterocycles. The van der Waals surface area contributed by atoms with Gasteiger partial charge in [0.1, 0.15) is 5.83 Å². The first-order valence-electron chi connectivity index (χ1n) is 13.2. The van der Waals surface area contributed by atoms with Gasteiger partial charge in [-0.05, 0) is 92.2 Å². The van der Waals surface area contributed by atoms with Crippen molar-refractivity contribution in [2.75, 3.05) is 0 Å². The molecule has 190 valence electrons. The number of aliphatic hydroxyl groups excluding tert-OH is 1. The maximum atomic E-state index is 16.0. The Morgan fingerprint density at radius 1 is 1.22 bits per heavy atom. The fraction of sp³-hybridized carbons (Fsp3) is 0.533. The summed E-state index contributed by atoms with van der Waals surface area (Å²) in [4.78, 5) is 13.0. The van der Waals surface area contributed by atoms with Crippen LogP contribution in [0.25, 0.3) is 11.8 Å². The second-order valence-electron chi connectivity index (χ2n) is 12.1. The topological polar surface area (TPSA) is 64.3 Å². The number of esters is 1. The van der Waals surface area contributed by atoms with Gasteiger partial charge in [-0.15, -0.1) is 0 Å².